The molecule has 0 spiro atoms. The predicted octanol–water partition coefficient (Wildman–Crippen LogP) is 0.399. The van der Waals surface area contributed by atoms with Gasteiger partial charge in [-0.2, -0.15) is 0 Å². The first kappa shape index (κ1) is 24.9. The largest absolute Gasteiger partial charge is 0.479 e. The number of carboxylic acids is 1. The van der Waals surface area contributed by atoms with E-state index in [4.69, 9.17) is 24.4 Å². The number of halogens is 1. The molecule has 1 aliphatic heterocycles. The first-order valence-corrected chi connectivity index (χ1v) is 12.5. The van der Waals surface area contributed by atoms with Gasteiger partial charge in [0.05, 0.1) is 12.9 Å². The van der Waals surface area contributed by atoms with Gasteiger partial charge in [-0.25, -0.2) is 19.7 Å². The standard InChI is InChI=1S/C18H19IN5O9P/c19-18-22-13(21-8-4-2-1-3-5-8)10-14(23-18)24(7-20-10)15-12(26)11(25)9(33-15)6-32-17(16(27)28)34(29,30)31/h1-5,7,9,11-12,15,17,25-26H,6H2,(H,27,28)(H,21,22,23)(H2,29,30,31)/t9-,11-,12-,15-,17?/m1/s1. The van der Waals surface area contributed by atoms with E-state index in [1.165, 1.54) is 10.9 Å². The molecule has 14 nitrogen and oxygen atoms in total. The van der Waals surface area contributed by atoms with Crippen molar-refractivity contribution < 1.29 is 43.9 Å². The molecule has 16 heteroatoms. The topological polar surface area (TPSA) is 209 Å². The number of carboxylic acid groups (broad SMARTS) is 1. The van der Waals surface area contributed by atoms with Crippen LogP contribution in [0.3, 0.4) is 0 Å². The van der Waals surface area contributed by atoms with Crippen molar-refractivity contribution in [3.8, 4) is 0 Å². The molecule has 0 bridgehead atoms. The van der Waals surface area contributed by atoms with E-state index < -0.39 is 50.6 Å². The average molecular weight is 607 g/mol. The average Bonchev–Trinajstić information content (AvgIpc) is 3.29. The second kappa shape index (κ2) is 9.79. The van der Waals surface area contributed by atoms with Crippen molar-refractivity contribution in [2.24, 2.45) is 0 Å². The maximum Gasteiger partial charge on any atom is 0.365 e. The number of hydrogen-bond donors (Lipinski definition) is 6. The highest BCUT2D eigenvalue weighted by molar-refractivity contribution is 14.1. The number of fused-ring (bicyclic) bond motifs is 1. The number of nitrogens with one attached hydrogen (secondary N) is 1. The van der Waals surface area contributed by atoms with Crippen molar-refractivity contribution in [1.29, 1.82) is 0 Å². The van der Waals surface area contributed by atoms with E-state index >= 15 is 0 Å². The Kier molecular flexibility index (Phi) is 7.16. The van der Waals surface area contributed by atoms with E-state index in [1.807, 2.05) is 52.9 Å². The van der Waals surface area contributed by atoms with E-state index in [9.17, 15) is 19.6 Å². The molecule has 0 amide bonds. The van der Waals surface area contributed by atoms with Crippen LogP contribution < -0.4 is 5.32 Å². The first-order valence-electron chi connectivity index (χ1n) is 9.69. The van der Waals surface area contributed by atoms with Gasteiger partial charge >= 0.3 is 13.6 Å². The third-order valence-corrected chi connectivity index (χ3v) is 6.44. The summed E-state index contributed by atoms with van der Waals surface area (Å²) in [5.41, 5.74) is 1.41. The number of benzene rings is 1. The summed E-state index contributed by atoms with van der Waals surface area (Å²) in [5, 5.41) is 33.1. The fourth-order valence-electron chi connectivity index (χ4n) is 3.42. The van der Waals surface area contributed by atoms with Gasteiger partial charge in [-0.3, -0.25) is 9.13 Å². The minimum absolute atomic E-state index is 0.286. The molecule has 3 aromatic rings. The lowest BCUT2D eigenvalue weighted by Gasteiger charge is -2.19. The third-order valence-electron chi connectivity index (χ3n) is 4.98. The van der Waals surface area contributed by atoms with Gasteiger partial charge in [0.25, 0.3) is 5.85 Å². The lowest BCUT2D eigenvalue weighted by atomic mass is 10.1. The molecule has 1 saturated heterocycles. The first-order chi connectivity index (χ1) is 16.1. The number of imidazole rings is 1. The summed E-state index contributed by atoms with van der Waals surface area (Å²) in [7, 11) is -5.12. The number of carbonyl (C=O) groups is 1. The smallest absolute Gasteiger partial charge is 0.365 e. The number of anilines is 2. The Morgan fingerprint density at radius 1 is 1.24 bits per heavy atom. The maximum absolute atomic E-state index is 11.3. The summed E-state index contributed by atoms with van der Waals surface area (Å²) in [4.78, 5) is 42.4. The van der Waals surface area contributed by atoms with Gasteiger partial charge in [-0.05, 0) is 12.1 Å². The molecule has 1 aromatic carbocycles. The molecule has 34 heavy (non-hydrogen) atoms. The highest BCUT2D eigenvalue weighted by Crippen LogP contribution is 2.42. The third kappa shape index (κ3) is 5.06. The summed E-state index contributed by atoms with van der Waals surface area (Å²) >= 11 is 1.92. The number of ether oxygens (including phenoxy) is 2. The van der Waals surface area contributed by atoms with Crippen molar-refractivity contribution in [1.82, 2.24) is 19.5 Å². The number of aliphatic hydroxyl groups excluding tert-OH is 2. The molecule has 1 fully saturated rings. The van der Waals surface area contributed by atoms with Gasteiger partial charge in [0, 0.05) is 28.3 Å². The minimum Gasteiger partial charge on any atom is -0.479 e. The molecular weight excluding hydrogens is 588 g/mol. The van der Waals surface area contributed by atoms with Gasteiger partial charge < -0.3 is 39.9 Å². The van der Waals surface area contributed by atoms with Crippen LogP contribution in [0.5, 0.6) is 0 Å². The normalized spacial score (nSPS) is 23.8. The van der Waals surface area contributed by atoms with Gasteiger partial charge in [0.1, 0.15) is 18.3 Å². The molecule has 1 unspecified atom stereocenters. The molecular formula is C18H19IN5O9P. The zero-order chi connectivity index (χ0) is 24.6. The van der Waals surface area contributed by atoms with Crippen LogP contribution in [0.1, 0.15) is 6.23 Å². The van der Waals surface area contributed by atoms with Crippen LogP contribution >= 0.6 is 30.2 Å². The predicted molar refractivity (Wildman–Crippen MR) is 123 cm³/mol. The summed E-state index contributed by atoms with van der Waals surface area (Å²) in [6.07, 6.45) is -4.18. The van der Waals surface area contributed by atoms with Crippen LogP contribution in [0.15, 0.2) is 36.7 Å². The van der Waals surface area contributed by atoms with Crippen LogP contribution in [0.25, 0.3) is 11.2 Å². The number of aromatic nitrogens is 4. The van der Waals surface area contributed by atoms with E-state index in [2.05, 4.69) is 20.3 Å². The summed E-state index contributed by atoms with van der Waals surface area (Å²) in [6, 6.07) is 9.23. The number of para-hydroxylation sites is 1. The Labute approximate surface area is 204 Å². The molecule has 5 atom stereocenters. The van der Waals surface area contributed by atoms with Crippen LogP contribution in [0, 0.1) is 3.83 Å². The van der Waals surface area contributed by atoms with Crippen LogP contribution in [0.4, 0.5) is 11.5 Å². The molecule has 2 aromatic heterocycles. The van der Waals surface area contributed by atoms with E-state index in [0.717, 1.165) is 5.69 Å². The summed E-state index contributed by atoms with van der Waals surface area (Å²) in [6.45, 7) is -0.698. The lowest BCUT2D eigenvalue weighted by Crippen LogP contribution is -2.36. The summed E-state index contributed by atoms with van der Waals surface area (Å²) in [5.74, 6) is -3.91. The van der Waals surface area contributed by atoms with Crippen LogP contribution in [-0.4, -0.2) is 81.4 Å². The van der Waals surface area contributed by atoms with Crippen molar-refractivity contribution in [3.63, 3.8) is 0 Å². The Morgan fingerprint density at radius 3 is 2.59 bits per heavy atom. The second-order valence-electron chi connectivity index (χ2n) is 7.32. The Morgan fingerprint density at radius 2 is 1.94 bits per heavy atom. The number of nitrogens with zero attached hydrogens (tertiary/aromatic N) is 4. The van der Waals surface area contributed by atoms with E-state index in [1.54, 1.807) is 0 Å². The van der Waals surface area contributed by atoms with Gasteiger partial charge in [-0.1, -0.05) is 18.2 Å². The maximum atomic E-state index is 11.3. The highest BCUT2D eigenvalue weighted by atomic mass is 127. The number of aliphatic hydroxyl groups is 2. The minimum atomic E-state index is -5.12. The Hall–Kier alpha value is -2.24. The van der Waals surface area contributed by atoms with Crippen LogP contribution in [-0.2, 0) is 18.8 Å². The molecule has 4 rings (SSSR count). The van der Waals surface area contributed by atoms with Crippen molar-refractivity contribution in [2.75, 3.05) is 11.9 Å². The lowest BCUT2D eigenvalue weighted by molar-refractivity contribution is -0.149. The highest BCUT2D eigenvalue weighted by Gasteiger charge is 2.46. The van der Waals surface area contributed by atoms with Crippen molar-refractivity contribution in [3.05, 3.63) is 40.5 Å². The zero-order valence-electron chi connectivity index (χ0n) is 17.0. The number of rotatable bonds is 8. The van der Waals surface area contributed by atoms with Gasteiger partial charge in [-0.15, -0.1) is 0 Å². The van der Waals surface area contributed by atoms with Gasteiger partial charge in [0.15, 0.2) is 27.0 Å². The van der Waals surface area contributed by atoms with Crippen LogP contribution in [0.2, 0.25) is 0 Å². The number of aliphatic carboxylic acids is 1. The molecule has 3 heterocycles. The van der Waals surface area contributed by atoms with E-state index in [-0.39, 0.29) is 5.65 Å². The molecule has 0 saturated carbocycles. The fraction of sp³-hybridized carbons (Fsp3) is 0.333. The molecule has 6 N–H and O–H groups in total. The van der Waals surface area contributed by atoms with Crippen molar-refractivity contribution in [2.45, 2.75) is 30.4 Å². The Bertz CT molecular complexity index is 1240. The molecule has 1 aliphatic rings. The molecule has 182 valence electrons. The quantitative estimate of drug-likeness (QED) is 0.117. The fourth-order valence-corrected chi connectivity index (χ4v) is 4.45. The van der Waals surface area contributed by atoms with Crippen molar-refractivity contribution >= 4 is 58.8 Å². The monoisotopic (exact) mass is 607 g/mol. The zero-order valence-corrected chi connectivity index (χ0v) is 20.1. The van der Waals surface area contributed by atoms with E-state index in [0.29, 0.717) is 15.2 Å². The molecule has 0 aliphatic carbocycles. The molecule has 0 radical (unpaired) electrons. The Balaban J connectivity index is 1.58. The SMILES string of the molecule is O=C(O)C(OC[C@H]1O[C@@H](n2cnc3c(Nc4ccccc4)nc(I)nc32)[C@H](O)[C@@H]1O)P(=O)(O)O. The second-order valence-corrected chi connectivity index (χ2v) is 9.93. The summed E-state index contributed by atoms with van der Waals surface area (Å²) < 4.78 is 23.5. The number of hydrogen-bond acceptors (Lipinski definition) is 10. The van der Waals surface area contributed by atoms with Gasteiger partial charge in [0.2, 0.25) is 0 Å².